The molecule has 156 valence electrons. The van der Waals surface area contributed by atoms with Crippen LogP contribution in [-0.2, 0) is 0 Å². The van der Waals surface area contributed by atoms with E-state index >= 15 is 0 Å². The number of fused-ring (bicyclic) bond motifs is 3. The summed E-state index contributed by atoms with van der Waals surface area (Å²) in [6, 6.07) is 15.7. The molecular weight excluding hydrogens is 416 g/mol. The molecule has 1 fully saturated rings. The van der Waals surface area contributed by atoms with Crippen LogP contribution in [0.3, 0.4) is 0 Å². The van der Waals surface area contributed by atoms with Gasteiger partial charge < -0.3 is 14.8 Å². The SMILES string of the molecule is O=C(c1cc2c(=O)[nH]c3ccccc3c2s1)N1CCN(c2ccc([N+](=O)[O-])cc2)CC1. The summed E-state index contributed by atoms with van der Waals surface area (Å²) in [5, 5.41) is 12.3. The molecule has 5 rings (SSSR count). The van der Waals surface area contributed by atoms with Gasteiger partial charge in [-0.1, -0.05) is 18.2 Å². The minimum atomic E-state index is -0.417. The molecule has 0 unspecified atom stereocenters. The fourth-order valence-corrected chi connectivity index (χ4v) is 5.12. The number of thiophene rings is 1. The van der Waals surface area contributed by atoms with Gasteiger partial charge in [-0.3, -0.25) is 19.7 Å². The Morgan fingerprint density at radius 3 is 2.42 bits per heavy atom. The number of hydrogen-bond acceptors (Lipinski definition) is 6. The largest absolute Gasteiger partial charge is 0.368 e. The molecule has 31 heavy (non-hydrogen) atoms. The second-order valence-electron chi connectivity index (χ2n) is 7.41. The molecule has 8 nitrogen and oxygen atoms in total. The fourth-order valence-electron chi connectivity index (χ4n) is 3.95. The zero-order valence-corrected chi connectivity index (χ0v) is 17.2. The number of nitrogens with one attached hydrogen (secondary N) is 1. The number of rotatable bonds is 3. The van der Waals surface area contributed by atoms with Crippen LogP contribution in [-0.4, -0.2) is 46.9 Å². The van der Waals surface area contributed by atoms with E-state index in [4.69, 9.17) is 0 Å². The van der Waals surface area contributed by atoms with Crippen LogP contribution in [0.15, 0.2) is 59.4 Å². The molecule has 4 aromatic rings. The average Bonchev–Trinajstić information content (AvgIpc) is 3.25. The minimum absolute atomic E-state index is 0.0600. The van der Waals surface area contributed by atoms with Crippen LogP contribution in [0.5, 0.6) is 0 Å². The molecular formula is C22H18N4O4S. The lowest BCUT2D eigenvalue weighted by molar-refractivity contribution is -0.384. The number of carbonyl (C=O) groups is 1. The Kier molecular flexibility index (Phi) is 4.67. The number of amides is 1. The molecule has 1 aliphatic heterocycles. The Bertz CT molecular complexity index is 1370. The van der Waals surface area contributed by atoms with Gasteiger partial charge in [0.25, 0.3) is 17.2 Å². The predicted octanol–water partition coefficient (Wildman–Crippen LogP) is 3.61. The predicted molar refractivity (Wildman–Crippen MR) is 121 cm³/mol. The highest BCUT2D eigenvalue weighted by Gasteiger charge is 2.24. The van der Waals surface area contributed by atoms with E-state index in [1.54, 1.807) is 23.1 Å². The number of piperazine rings is 1. The molecule has 0 radical (unpaired) electrons. The van der Waals surface area contributed by atoms with Crippen LogP contribution >= 0.6 is 11.3 Å². The van der Waals surface area contributed by atoms with E-state index in [0.717, 1.165) is 21.3 Å². The average molecular weight is 434 g/mol. The Labute approximate surface area is 180 Å². The van der Waals surface area contributed by atoms with Crippen molar-refractivity contribution in [2.24, 2.45) is 0 Å². The van der Waals surface area contributed by atoms with Gasteiger partial charge in [-0.15, -0.1) is 11.3 Å². The first-order chi connectivity index (χ1) is 15.0. The minimum Gasteiger partial charge on any atom is -0.368 e. The molecule has 0 saturated carbocycles. The molecule has 0 spiro atoms. The number of anilines is 1. The number of para-hydroxylation sites is 1. The number of aromatic nitrogens is 1. The molecule has 1 N–H and O–H groups in total. The van der Waals surface area contributed by atoms with Crippen molar-refractivity contribution in [1.29, 1.82) is 0 Å². The molecule has 1 saturated heterocycles. The highest BCUT2D eigenvalue weighted by atomic mass is 32.1. The number of nitro groups is 1. The molecule has 2 aromatic carbocycles. The van der Waals surface area contributed by atoms with E-state index in [2.05, 4.69) is 9.88 Å². The van der Waals surface area contributed by atoms with Crippen molar-refractivity contribution in [1.82, 2.24) is 9.88 Å². The van der Waals surface area contributed by atoms with E-state index in [0.29, 0.717) is 36.4 Å². The lowest BCUT2D eigenvalue weighted by atomic mass is 10.2. The Balaban J connectivity index is 1.35. The smallest absolute Gasteiger partial charge is 0.269 e. The van der Waals surface area contributed by atoms with Crippen molar-refractivity contribution in [3.8, 4) is 0 Å². The molecule has 3 heterocycles. The topological polar surface area (TPSA) is 99.6 Å². The normalized spacial score (nSPS) is 14.3. The summed E-state index contributed by atoms with van der Waals surface area (Å²) in [7, 11) is 0. The van der Waals surface area contributed by atoms with Gasteiger partial charge in [0.2, 0.25) is 0 Å². The van der Waals surface area contributed by atoms with Crippen molar-refractivity contribution in [3.05, 3.63) is 79.9 Å². The molecule has 0 bridgehead atoms. The maximum Gasteiger partial charge on any atom is 0.269 e. The lowest BCUT2D eigenvalue weighted by Crippen LogP contribution is -2.48. The Morgan fingerprint density at radius 1 is 1.00 bits per heavy atom. The number of hydrogen-bond donors (Lipinski definition) is 1. The van der Waals surface area contributed by atoms with E-state index < -0.39 is 4.92 Å². The number of benzene rings is 2. The monoisotopic (exact) mass is 434 g/mol. The third-order valence-electron chi connectivity index (χ3n) is 5.60. The van der Waals surface area contributed by atoms with Crippen LogP contribution in [0.4, 0.5) is 11.4 Å². The van der Waals surface area contributed by atoms with Gasteiger partial charge in [-0.2, -0.15) is 0 Å². The quantitative estimate of drug-likeness (QED) is 0.392. The standard InChI is InChI=1S/C22H18N4O4S/c27-21-17-13-19(31-20(17)16-3-1-2-4-18(16)23-21)22(28)25-11-9-24(10-12-25)14-5-7-15(8-6-14)26(29)30/h1-8,13H,9-12H2,(H,23,27). The van der Waals surface area contributed by atoms with Gasteiger partial charge in [0.05, 0.1) is 15.2 Å². The first-order valence-corrected chi connectivity index (χ1v) is 10.7. The third-order valence-corrected chi connectivity index (χ3v) is 6.76. The van der Waals surface area contributed by atoms with Crippen molar-refractivity contribution in [3.63, 3.8) is 0 Å². The molecule has 0 aliphatic carbocycles. The second-order valence-corrected chi connectivity index (χ2v) is 8.46. The molecule has 0 atom stereocenters. The van der Waals surface area contributed by atoms with Crippen LogP contribution in [0.1, 0.15) is 9.67 Å². The molecule has 1 amide bonds. The third kappa shape index (κ3) is 3.42. The number of carbonyl (C=O) groups excluding carboxylic acids is 1. The van der Waals surface area contributed by atoms with Crippen LogP contribution < -0.4 is 10.5 Å². The number of non-ortho nitro benzene ring substituents is 1. The molecule has 1 aliphatic rings. The van der Waals surface area contributed by atoms with Gasteiger partial charge in [0.1, 0.15) is 0 Å². The van der Waals surface area contributed by atoms with Gasteiger partial charge in [-0.05, 0) is 24.3 Å². The van der Waals surface area contributed by atoms with Crippen molar-refractivity contribution < 1.29 is 9.72 Å². The number of aromatic amines is 1. The van der Waals surface area contributed by atoms with E-state index in [1.165, 1.54) is 23.5 Å². The summed E-state index contributed by atoms with van der Waals surface area (Å²) in [5.41, 5.74) is 1.53. The van der Waals surface area contributed by atoms with E-state index in [1.807, 2.05) is 24.3 Å². The van der Waals surface area contributed by atoms with Gasteiger partial charge in [0, 0.05) is 59.6 Å². The van der Waals surface area contributed by atoms with Crippen LogP contribution in [0, 0.1) is 10.1 Å². The summed E-state index contributed by atoms with van der Waals surface area (Å²) >= 11 is 1.36. The van der Waals surface area contributed by atoms with Gasteiger partial charge in [0.15, 0.2) is 0 Å². The first-order valence-electron chi connectivity index (χ1n) is 9.84. The highest BCUT2D eigenvalue weighted by molar-refractivity contribution is 7.21. The molecule has 2 aromatic heterocycles. The fraction of sp³-hybridized carbons (Fsp3) is 0.182. The summed E-state index contributed by atoms with van der Waals surface area (Å²) in [6.07, 6.45) is 0. The number of H-pyrrole nitrogens is 1. The highest BCUT2D eigenvalue weighted by Crippen LogP contribution is 2.30. The van der Waals surface area contributed by atoms with E-state index in [9.17, 15) is 19.7 Å². The second kappa shape index (κ2) is 7.51. The molecule has 9 heteroatoms. The summed E-state index contributed by atoms with van der Waals surface area (Å²) in [5.74, 6) is -0.0759. The summed E-state index contributed by atoms with van der Waals surface area (Å²) in [6.45, 7) is 2.36. The first kappa shape index (κ1) is 19.3. The van der Waals surface area contributed by atoms with Gasteiger partial charge >= 0.3 is 0 Å². The van der Waals surface area contributed by atoms with Crippen LogP contribution in [0.25, 0.3) is 21.0 Å². The van der Waals surface area contributed by atoms with E-state index in [-0.39, 0.29) is 17.2 Å². The van der Waals surface area contributed by atoms with Gasteiger partial charge in [-0.25, -0.2) is 0 Å². The lowest BCUT2D eigenvalue weighted by Gasteiger charge is -2.35. The summed E-state index contributed by atoms with van der Waals surface area (Å²) in [4.78, 5) is 43.3. The maximum atomic E-state index is 13.1. The Hall–Kier alpha value is -3.72. The van der Waals surface area contributed by atoms with Crippen molar-refractivity contribution >= 4 is 49.6 Å². The van der Waals surface area contributed by atoms with Crippen molar-refractivity contribution in [2.45, 2.75) is 0 Å². The number of nitro benzene ring substituents is 1. The zero-order chi connectivity index (χ0) is 21.5. The zero-order valence-electron chi connectivity index (χ0n) is 16.4. The number of pyridine rings is 1. The maximum absolute atomic E-state index is 13.1. The number of nitrogens with zero attached hydrogens (tertiary/aromatic N) is 3. The summed E-state index contributed by atoms with van der Waals surface area (Å²) < 4.78 is 0.826. The van der Waals surface area contributed by atoms with Crippen LogP contribution in [0.2, 0.25) is 0 Å². The van der Waals surface area contributed by atoms with Crippen molar-refractivity contribution in [2.75, 3.05) is 31.1 Å². The Morgan fingerprint density at radius 2 is 1.71 bits per heavy atom.